The molecule has 0 aromatic heterocycles. The number of rotatable bonds is 2. The van der Waals surface area contributed by atoms with Crippen molar-refractivity contribution >= 4 is 17.5 Å². The minimum Gasteiger partial charge on any atom is -0.378 e. The van der Waals surface area contributed by atoms with E-state index < -0.39 is 0 Å². The Labute approximate surface area is 88.2 Å². The fourth-order valence-corrected chi connectivity index (χ4v) is 1.63. The van der Waals surface area contributed by atoms with Gasteiger partial charge in [-0.2, -0.15) is 4.99 Å². The van der Waals surface area contributed by atoms with Gasteiger partial charge in [0.25, 0.3) is 0 Å². The van der Waals surface area contributed by atoms with Crippen LogP contribution in [0.15, 0.2) is 29.3 Å². The fourth-order valence-electron chi connectivity index (χ4n) is 1.63. The van der Waals surface area contributed by atoms with Crippen LogP contribution in [0.2, 0.25) is 0 Å². The highest BCUT2D eigenvalue weighted by Crippen LogP contribution is 2.21. The second kappa shape index (κ2) is 4.73. The molecular formula is C11H12N2O2. The molecule has 0 unspecified atom stereocenters. The second-order valence-corrected chi connectivity index (χ2v) is 3.32. The van der Waals surface area contributed by atoms with Gasteiger partial charge >= 0.3 is 0 Å². The maximum atomic E-state index is 10.1. The summed E-state index contributed by atoms with van der Waals surface area (Å²) in [5.74, 6) is 0. The van der Waals surface area contributed by atoms with Crippen LogP contribution >= 0.6 is 0 Å². The zero-order chi connectivity index (χ0) is 10.5. The molecule has 0 saturated carbocycles. The van der Waals surface area contributed by atoms with Crippen LogP contribution in [0.3, 0.4) is 0 Å². The number of isocyanates is 1. The molecule has 1 saturated heterocycles. The molecule has 0 N–H and O–H groups in total. The van der Waals surface area contributed by atoms with E-state index >= 15 is 0 Å². The molecule has 1 aromatic carbocycles. The van der Waals surface area contributed by atoms with Crippen LogP contribution in [0.1, 0.15) is 0 Å². The van der Waals surface area contributed by atoms with Gasteiger partial charge in [-0.05, 0) is 18.2 Å². The number of hydrogen-bond acceptors (Lipinski definition) is 4. The second-order valence-electron chi connectivity index (χ2n) is 3.32. The normalized spacial score (nSPS) is 15.9. The fraction of sp³-hybridized carbons (Fsp3) is 0.364. The average molecular weight is 204 g/mol. The molecule has 0 atom stereocenters. The summed E-state index contributed by atoms with van der Waals surface area (Å²) in [6, 6.07) is 7.57. The van der Waals surface area contributed by atoms with Gasteiger partial charge in [-0.15, -0.1) is 0 Å². The van der Waals surface area contributed by atoms with Crippen molar-refractivity contribution in [1.29, 1.82) is 0 Å². The number of nitrogens with zero attached hydrogens (tertiary/aromatic N) is 2. The molecule has 15 heavy (non-hydrogen) atoms. The summed E-state index contributed by atoms with van der Waals surface area (Å²) in [4.78, 5) is 16.0. The standard InChI is InChI=1S/C11H12N2O2/c14-9-12-10-2-1-3-11(8-10)13-4-6-15-7-5-13/h1-3,8H,4-7H2. The molecule has 2 rings (SSSR count). The Morgan fingerprint density at radius 2 is 2.13 bits per heavy atom. The van der Waals surface area contributed by atoms with E-state index in [-0.39, 0.29) is 0 Å². The Bertz CT molecular complexity index is 380. The molecule has 0 bridgehead atoms. The molecule has 4 nitrogen and oxygen atoms in total. The molecule has 1 heterocycles. The Kier molecular flexibility index (Phi) is 3.12. The minimum atomic E-state index is 0.647. The summed E-state index contributed by atoms with van der Waals surface area (Å²) in [7, 11) is 0. The maximum Gasteiger partial charge on any atom is 0.240 e. The molecule has 1 aliphatic heterocycles. The number of morpholine rings is 1. The lowest BCUT2D eigenvalue weighted by Gasteiger charge is -2.28. The summed E-state index contributed by atoms with van der Waals surface area (Å²) < 4.78 is 5.27. The molecule has 0 aliphatic carbocycles. The first-order chi connectivity index (χ1) is 7.40. The monoisotopic (exact) mass is 204 g/mol. The third kappa shape index (κ3) is 2.43. The number of ether oxygens (including phenoxy) is 1. The molecule has 4 heteroatoms. The number of anilines is 1. The van der Waals surface area contributed by atoms with Crippen LogP contribution in [0, 0.1) is 0 Å². The number of hydrogen-bond donors (Lipinski definition) is 0. The smallest absolute Gasteiger partial charge is 0.240 e. The highest BCUT2D eigenvalue weighted by Gasteiger charge is 2.10. The summed E-state index contributed by atoms with van der Waals surface area (Å²) >= 11 is 0. The third-order valence-electron chi connectivity index (χ3n) is 2.38. The number of benzene rings is 1. The van der Waals surface area contributed by atoms with Crippen molar-refractivity contribution in [2.45, 2.75) is 0 Å². The van der Waals surface area contributed by atoms with Gasteiger partial charge < -0.3 is 9.64 Å². The zero-order valence-corrected chi connectivity index (χ0v) is 8.35. The van der Waals surface area contributed by atoms with Crippen LogP contribution in [-0.2, 0) is 9.53 Å². The Morgan fingerprint density at radius 3 is 2.87 bits per heavy atom. The Hall–Kier alpha value is -1.64. The van der Waals surface area contributed by atoms with Gasteiger partial charge in [0.2, 0.25) is 6.08 Å². The van der Waals surface area contributed by atoms with Gasteiger partial charge in [0, 0.05) is 18.8 Å². The van der Waals surface area contributed by atoms with Crippen molar-refractivity contribution in [3.63, 3.8) is 0 Å². The van der Waals surface area contributed by atoms with Crippen LogP contribution in [0.5, 0.6) is 0 Å². The molecule has 1 aromatic rings. The first-order valence-corrected chi connectivity index (χ1v) is 4.91. The molecule has 1 fully saturated rings. The molecule has 0 radical (unpaired) electrons. The van der Waals surface area contributed by atoms with Crippen molar-refractivity contribution in [2.24, 2.45) is 4.99 Å². The van der Waals surface area contributed by atoms with Crippen LogP contribution in [0.25, 0.3) is 0 Å². The first kappa shape index (κ1) is 9.90. The number of aliphatic imine (C=N–C) groups is 1. The van der Waals surface area contributed by atoms with E-state index in [4.69, 9.17) is 4.74 Å². The molecule has 78 valence electrons. The van der Waals surface area contributed by atoms with Crippen molar-refractivity contribution in [2.75, 3.05) is 31.2 Å². The summed E-state index contributed by atoms with van der Waals surface area (Å²) in [5.41, 5.74) is 1.73. The highest BCUT2D eigenvalue weighted by atomic mass is 16.5. The van der Waals surface area contributed by atoms with Gasteiger partial charge in [-0.25, -0.2) is 4.79 Å². The Balaban J connectivity index is 2.19. The summed E-state index contributed by atoms with van der Waals surface area (Å²) in [6.45, 7) is 3.27. The van der Waals surface area contributed by atoms with Gasteiger partial charge in [0.05, 0.1) is 18.9 Å². The van der Waals surface area contributed by atoms with Crippen molar-refractivity contribution in [1.82, 2.24) is 0 Å². The zero-order valence-electron chi connectivity index (χ0n) is 8.35. The quantitative estimate of drug-likeness (QED) is 0.541. The largest absolute Gasteiger partial charge is 0.378 e. The minimum absolute atomic E-state index is 0.647. The van der Waals surface area contributed by atoms with E-state index in [0.717, 1.165) is 32.0 Å². The molecular weight excluding hydrogens is 192 g/mol. The van der Waals surface area contributed by atoms with Crippen LogP contribution < -0.4 is 4.90 Å². The average Bonchev–Trinajstić information content (AvgIpc) is 2.31. The van der Waals surface area contributed by atoms with Crippen molar-refractivity contribution < 1.29 is 9.53 Å². The van der Waals surface area contributed by atoms with E-state index in [1.807, 2.05) is 18.2 Å². The maximum absolute atomic E-state index is 10.1. The predicted molar refractivity (Wildman–Crippen MR) is 57.3 cm³/mol. The third-order valence-corrected chi connectivity index (χ3v) is 2.38. The number of carbonyl (C=O) groups excluding carboxylic acids is 1. The molecule has 0 spiro atoms. The summed E-state index contributed by atoms with van der Waals surface area (Å²) in [6.07, 6.45) is 1.55. The van der Waals surface area contributed by atoms with E-state index in [1.165, 1.54) is 0 Å². The van der Waals surface area contributed by atoms with Gasteiger partial charge in [0.15, 0.2) is 0 Å². The lowest BCUT2D eigenvalue weighted by molar-refractivity contribution is 0.122. The molecule has 1 aliphatic rings. The van der Waals surface area contributed by atoms with E-state index in [1.54, 1.807) is 12.1 Å². The van der Waals surface area contributed by atoms with Crippen LogP contribution in [-0.4, -0.2) is 32.4 Å². The van der Waals surface area contributed by atoms with E-state index in [9.17, 15) is 4.79 Å². The van der Waals surface area contributed by atoms with E-state index in [0.29, 0.717) is 5.69 Å². The van der Waals surface area contributed by atoms with Gasteiger partial charge in [-0.1, -0.05) is 6.07 Å². The van der Waals surface area contributed by atoms with Crippen molar-refractivity contribution in [3.8, 4) is 0 Å². The van der Waals surface area contributed by atoms with Gasteiger partial charge in [0.1, 0.15) is 0 Å². The van der Waals surface area contributed by atoms with Crippen molar-refractivity contribution in [3.05, 3.63) is 24.3 Å². The lowest BCUT2D eigenvalue weighted by atomic mass is 10.2. The predicted octanol–water partition coefficient (Wildman–Crippen LogP) is 1.49. The first-order valence-electron chi connectivity index (χ1n) is 4.91. The summed E-state index contributed by atoms with van der Waals surface area (Å²) in [5, 5.41) is 0. The molecule has 0 amide bonds. The lowest BCUT2D eigenvalue weighted by Crippen LogP contribution is -2.36. The van der Waals surface area contributed by atoms with Gasteiger partial charge in [-0.3, -0.25) is 0 Å². The Morgan fingerprint density at radius 1 is 1.33 bits per heavy atom. The SMILES string of the molecule is O=C=Nc1cccc(N2CCOCC2)c1. The van der Waals surface area contributed by atoms with E-state index in [2.05, 4.69) is 9.89 Å². The highest BCUT2D eigenvalue weighted by molar-refractivity contribution is 5.58. The van der Waals surface area contributed by atoms with Crippen LogP contribution in [0.4, 0.5) is 11.4 Å². The topological polar surface area (TPSA) is 41.9 Å².